The maximum atomic E-state index is 6.00. The Morgan fingerprint density at radius 1 is 0.850 bits per heavy atom. The van der Waals surface area contributed by atoms with Crippen LogP contribution in [0.1, 0.15) is 57.8 Å². The van der Waals surface area contributed by atoms with Crippen molar-refractivity contribution in [3.63, 3.8) is 0 Å². The third kappa shape index (κ3) is 3.91. The van der Waals surface area contributed by atoms with E-state index >= 15 is 0 Å². The Hall–Kier alpha value is -1.18. The Morgan fingerprint density at radius 3 is 2.20 bits per heavy atom. The number of hydrogen-bond donors (Lipinski definition) is 1. The van der Waals surface area contributed by atoms with Crippen LogP contribution in [0.25, 0.3) is 0 Å². The zero-order valence-corrected chi connectivity index (χ0v) is 12.4. The molecule has 0 bridgehead atoms. The molecule has 0 radical (unpaired) electrons. The molecule has 0 saturated heterocycles. The van der Waals surface area contributed by atoms with Gasteiger partial charge in [-0.25, -0.2) is 0 Å². The van der Waals surface area contributed by atoms with Gasteiger partial charge in [0.05, 0.1) is 6.10 Å². The average Bonchev–Trinajstić information content (AvgIpc) is 3.01. The summed E-state index contributed by atoms with van der Waals surface area (Å²) in [6.45, 7) is 1.13. The van der Waals surface area contributed by atoms with E-state index < -0.39 is 0 Å². The highest BCUT2D eigenvalue weighted by molar-refractivity contribution is 5.46. The normalized spacial score (nSPS) is 21.0. The van der Waals surface area contributed by atoms with E-state index in [2.05, 4.69) is 29.6 Å². The summed E-state index contributed by atoms with van der Waals surface area (Å²) in [6, 6.07) is 8.54. The van der Waals surface area contributed by atoms with Gasteiger partial charge in [-0.3, -0.25) is 0 Å². The van der Waals surface area contributed by atoms with E-state index in [9.17, 15) is 0 Å². The summed E-state index contributed by atoms with van der Waals surface area (Å²) < 4.78 is 6.00. The van der Waals surface area contributed by atoms with E-state index in [-0.39, 0.29) is 0 Å². The summed E-state index contributed by atoms with van der Waals surface area (Å²) in [5.74, 6) is 1.90. The molecule has 0 amide bonds. The van der Waals surface area contributed by atoms with E-state index in [1.807, 2.05) is 0 Å². The highest BCUT2D eigenvalue weighted by Gasteiger charge is 2.16. The SMILES string of the molecule is c1cc(OC2CCCC2)ccc1NCC1CCCCC1. The van der Waals surface area contributed by atoms with E-state index in [1.165, 1.54) is 63.5 Å². The lowest BCUT2D eigenvalue weighted by Gasteiger charge is -2.22. The second-order valence-corrected chi connectivity index (χ2v) is 6.43. The first kappa shape index (κ1) is 13.8. The third-order valence-electron chi connectivity index (χ3n) is 4.78. The molecule has 2 aliphatic rings. The molecule has 2 heteroatoms. The highest BCUT2D eigenvalue weighted by Crippen LogP contribution is 2.26. The topological polar surface area (TPSA) is 21.3 Å². The van der Waals surface area contributed by atoms with E-state index in [0.717, 1.165) is 18.2 Å². The Labute approximate surface area is 122 Å². The van der Waals surface area contributed by atoms with E-state index in [1.54, 1.807) is 0 Å². The van der Waals surface area contributed by atoms with Crippen LogP contribution in [0.4, 0.5) is 5.69 Å². The summed E-state index contributed by atoms with van der Waals surface area (Å²) in [6.07, 6.45) is 12.6. The Kier molecular flexibility index (Phi) is 4.83. The second kappa shape index (κ2) is 7.01. The van der Waals surface area contributed by atoms with Gasteiger partial charge in [0, 0.05) is 12.2 Å². The zero-order valence-electron chi connectivity index (χ0n) is 12.4. The summed E-state index contributed by atoms with van der Waals surface area (Å²) in [7, 11) is 0. The second-order valence-electron chi connectivity index (χ2n) is 6.43. The van der Waals surface area contributed by atoms with Crippen LogP contribution in [0.3, 0.4) is 0 Å². The molecule has 2 fully saturated rings. The summed E-state index contributed by atoms with van der Waals surface area (Å²) in [5, 5.41) is 3.58. The van der Waals surface area contributed by atoms with Gasteiger partial charge in [0.25, 0.3) is 0 Å². The van der Waals surface area contributed by atoms with Gasteiger partial charge < -0.3 is 10.1 Å². The minimum absolute atomic E-state index is 0.455. The molecule has 0 spiro atoms. The van der Waals surface area contributed by atoms with Gasteiger partial charge in [-0.1, -0.05) is 19.3 Å². The summed E-state index contributed by atoms with van der Waals surface area (Å²) in [4.78, 5) is 0. The van der Waals surface area contributed by atoms with Crippen molar-refractivity contribution in [1.29, 1.82) is 0 Å². The molecule has 0 aliphatic heterocycles. The van der Waals surface area contributed by atoms with Crippen molar-refractivity contribution in [3.05, 3.63) is 24.3 Å². The van der Waals surface area contributed by atoms with Crippen molar-refractivity contribution in [3.8, 4) is 5.75 Å². The van der Waals surface area contributed by atoms with Crippen LogP contribution >= 0.6 is 0 Å². The fraction of sp³-hybridized carbons (Fsp3) is 0.667. The van der Waals surface area contributed by atoms with Crippen molar-refractivity contribution in [2.45, 2.75) is 63.9 Å². The number of benzene rings is 1. The highest BCUT2D eigenvalue weighted by atomic mass is 16.5. The molecular formula is C18H27NO. The minimum atomic E-state index is 0.455. The van der Waals surface area contributed by atoms with Crippen molar-refractivity contribution in [1.82, 2.24) is 0 Å². The Morgan fingerprint density at radius 2 is 1.50 bits per heavy atom. The molecule has 2 aliphatic carbocycles. The average molecular weight is 273 g/mol. The molecule has 0 aromatic heterocycles. The predicted octanol–water partition coefficient (Wildman–Crippen LogP) is 5.00. The van der Waals surface area contributed by atoms with E-state index in [0.29, 0.717) is 6.10 Å². The Bertz CT molecular complexity index is 388. The molecule has 1 aromatic rings. The smallest absolute Gasteiger partial charge is 0.119 e. The third-order valence-corrected chi connectivity index (χ3v) is 4.78. The number of nitrogens with one attached hydrogen (secondary N) is 1. The largest absolute Gasteiger partial charge is 0.490 e. The van der Waals surface area contributed by atoms with Gasteiger partial charge in [0.2, 0.25) is 0 Å². The van der Waals surface area contributed by atoms with Crippen molar-refractivity contribution in [2.75, 3.05) is 11.9 Å². The molecule has 1 aromatic carbocycles. The van der Waals surface area contributed by atoms with Crippen LogP contribution in [0, 0.1) is 5.92 Å². The molecule has 0 atom stereocenters. The molecule has 2 nitrogen and oxygen atoms in total. The molecule has 0 unspecified atom stereocenters. The van der Waals surface area contributed by atoms with Crippen molar-refractivity contribution < 1.29 is 4.74 Å². The van der Waals surface area contributed by atoms with Gasteiger partial charge in [-0.05, 0) is 68.7 Å². The fourth-order valence-corrected chi connectivity index (χ4v) is 3.50. The van der Waals surface area contributed by atoms with Crippen LogP contribution in [-0.2, 0) is 0 Å². The maximum absolute atomic E-state index is 6.00. The van der Waals surface area contributed by atoms with Crippen LogP contribution < -0.4 is 10.1 Å². The monoisotopic (exact) mass is 273 g/mol. The number of hydrogen-bond acceptors (Lipinski definition) is 2. The van der Waals surface area contributed by atoms with Gasteiger partial charge in [-0.2, -0.15) is 0 Å². The van der Waals surface area contributed by atoms with Crippen molar-refractivity contribution in [2.24, 2.45) is 5.92 Å². The molecule has 3 rings (SSSR count). The van der Waals surface area contributed by atoms with Crippen molar-refractivity contribution >= 4 is 5.69 Å². The number of rotatable bonds is 5. The molecule has 1 N–H and O–H groups in total. The minimum Gasteiger partial charge on any atom is -0.490 e. The molecule has 0 heterocycles. The van der Waals surface area contributed by atoms with Gasteiger partial charge in [0.15, 0.2) is 0 Å². The molecular weight excluding hydrogens is 246 g/mol. The predicted molar refractivity (Wildman–Crippen MR) is 84.4 cm³/mol. The first-order chi connectivity index (χ1) is 9.90. The van der Waals surface area contributed by atoms with Crippen LogP contribution in [0.2, 0.25) is 0 Å². The first-order valence-corrected chi connectivity index (χ1v) is 8.41. The maximum Gasteiger partial charge on any atom is 0.119 e. The standard InChI is InChI=1S/C18H27NO/c1-2-6-15(7-3-1)14-19-16-10-12-18(13-11-16)20-17-8-4-5-9-17/h10-13,15,17,19H,1-9,14H2. The first-order valence-electron chi connectivity index (χ1n) is 8.41. The summed E-state index contributed by atoms with van der Waals surface area (Å²) >= 11 is 0. The number of ether oxygens (including phenoxy) is 1. The molecule has 110 valence electrons. The lowest BCUT2D eigenvalue weighted by atomic mass is 9.89. The van der Waals surface area contributed by atoms with Crippen LogP contribution in [0.15, 0.2) is 24.3 Å². The Balaban J connectivity index is 1.45. The van der Waals surface area contributed by atoms with Gasteiger partial charge in [0.1, 0.15) is 5.75 Å². The lowest BCUT2D eigenvalue weighted by Crippen LogP contribution is -2.17. The lowest BCUT2D eigenvalue weighted by molar-refractivity contribution is 0.210. The quantitative estimate of drug-likeness (QED) is 0.815. The van der Waals surface area contributed by atoms with Gasteiger partial charge >= 0.3 is 0 Å². The molecule has 2 saturated carbocycles. The number of anilines is 1. The van der Waals surface area contributed by atoms with E-state index in [4.69, 9.17) is 4.74 Å². The molecule has 20 heavy (non-hydrogen) atoms. The van der Waals surface area contributed by atoms with Gasteiger partial charge in [-0.15, -0.1) is 0 Å². The summed E-state index contributed by atoms with van der Waals surface area (Å²) in [5.41, 5.74) is 1.23. The van der Waals surface area contributed by atoms with Crippen LogP contribution in [-0.4, -0.2) is 12.6 Å². The zero-order chi connectivity index (χ0) is 13.6. The fourth-order valence-electron chi connectivity index (χ4n) is 3.50. The van der Waals surface area contributed by atoms with Crippen LogP contribution in [0.5, 0.6) is 5.75 Å².